The van der Waals surface area contributed by atoms with E-state index in [1.54, 1.807) is 0 Å². The summed E-state index contributed by atoms with van der Waals surface area (Å²) < 4.78 is 341. The van der Waals surface area contributed by atoms with Crippen molar-refractivity contribution in [2.45, 2.75) is 97.6 Å². The van der Waals surface area contributed by atoms with Crippen molar-refractivity contribution in [3.05, 3.63) is 29.3 Å². The molecule has 0 saturated carbocycles. The van der Waals surface area contributed by atoms with E-state index in [2.05, 4.69) is 4.99 Å². The first-order valence-corrected chi connectivity index (χ1v) is 12.7. The number of alkyl halides is 25. The van der Waals surface area contributed by atoms with Gasteiger partial charge in [-0.25, -0.2) is 4.79 Å². The van der Waals surface area contributed by atoms with Crippen molar-refractivity contribution in [2.75, 3.05) is 0 Å². The summed E-state index contributed by atoms with van der Waals surface area (Å²) in [4.78, 5) is 25.9. The molecule has 0 aliphatic rings. The highest BCUT2D eigenvalue weighted by Gasteiger charge is 2.99. The molecule has 0 radical (unpaired) electrons. The first kappa shape index (κ1) is 47.3. The smallest absolute Gasteiger partial charge is 0.349 e. The second-order valence-corrected chi connectivity index (χ2v) is 10.7. The summed E-state index contributed by atoms with van der Waals surface area (Å²) >= 11 is 0. The monoisotopic (exact) mass is 836 g/mol. The number of carbonyl (C=O) groups excluding carboxylic acids is 2. The third-order valence-corrected chi connectivity index (χ3v) is 6.94. The molecule has 53 heavy (non-hydrogen) atoms. The highest BCUT2D eigenvalue weighted by atomic mass is 19.4. The maximum atomic E-state index is 14.4. The number of hydrogen-bond donors (Lipinski definition) is 1. The number of amides is 1. The summed E-state index contributed by atoms with van der Waals surface area (Å²) in [6.45, 7) is 1.27. The predicted molar refractivity (Wildman–Crippen MR) is 121 cm³/mol. The van der Waals surface area contributed by atoms with Crippen LogP contribution in [0, 0.1) is 6.92 Å². The Hall–Kier alpha value is -3.68. The minimum atomic E-state index is -9.67. The van der Waals surface area contributed by atoms with Gasteiger partial charge in [-0.05, 0) is 25.5 Å². The zero-order valence-corrected chi connectivity index (χ0v) is 24.7. The first-order valence-electron chi connectivity index (χ1n) is 12.7. The molecule has 0 aliphatic carbocycles. The van der Waals surface area contributed by atoms with E-state index in [0.717, 1.165) is 31.2 Å². The maximum Gasteiger partial charge on any atom is 0.460 e. The molecule has 0 aliphatic heterocycles. The van der Waals surface area contributed by atoms with E-state index < -0.39 is 101 Å². The standard InChI is InChI=1S/C24H13F25N2O2/c1-8-4-3-5-10(11(8)50-7-52)12(53)51-9(2)6-13(25,26)14(27,28)15(29,30)16(31,32)17(33,34)18(35,36)19(37,38)20(39,40)21(41,42)22(43,44)23(45,46)24(47,48)49/h3-5,9H,6H2,1-2H3,(H,51,53). The Balaban J connectivity index is 3.71. The van der Waals surface area contributed by atoms with Crippen LogP contribution in [-0.2, 0) is 4.79 Å². The number of hydrogen-bond acceptors (Lipinski definition) is 3. The molecule has 1 amide bonds. The largest absolute Gasteiger partial charge is 0.460 e. The van der Waals surface area contributed by atoms with E-state index >= 15 is 0 Å². The SMILES string of the molecule is Cc1cccc(C(=O)NC(C)CC(F)(F)C(F)(F)C(F)(F)C(F)(F)C(F)(F)C(F)(F)C(F)(F)C(F)(F)C(F)(F)C(F)(F)C(F)(F)C(F)(F)F)c1N=C=O. The molecule has 1 N–H and O–H groups in total. The summed E-state index contributed by atoms with van der Waals surface area (Å²) in [6, 6.07) is 0.0959. The van der Waals surface area contributed by atoms with Crippen molar-refractivity contribution >= 4 is 17.7 Å². The number of isocyanates is 1. The molecular formula is C24H13F25N2O2. The number of carbonyl (C=O) groups is 1. The molecule has 29 heteroatoms. The lowest BCUT2D eigenvalue weighted by molar-refractivity contribution is -0.482. The molecule has 1 aromatic carbocycles. The molecule has 0 aromatic heterocycles. The van der Waals surface area contributed by atoms with Crippen LogP contribution in [-0.4, -0.2) is 89.4 Å². The number of benzene rings is 1. The Bertz CT molecular complexity index is 1570. The van der Waals surface area contributed by atoms with Gasteiger partial charge < -0.3 is 5.32 Å². The lowest BCUT2D eigenvalue weighted by atomic mass is 9.84. The Kier molecular flexibility index (Phi) is 11.8. The summed E-state index contributed by atoms with van der Waals surface area (Å²) in [5.41, 5.74) is -1.49. The summed E-state index contributed by atoms with van der Waals surface area (Å²) in [5, 5.41) is 1.30. The van der Waals surface area contributed by atoms with Gasteiger partial charge in [0.25, 0.3) is 5.91 Å². The van der Waals surface area contributed by atoms with Crippen molar-refractivity contribution in [1.29, 1.82) is 0 Å². The van der Waals surface area contributed by atoms with Crippen LogP contribution in [0.1, 0.15) is 29.3 Å². The normalized spacial score (nSPS) is 15.9. The van der Waals surface area contributed by atoms with Crippen molar-refractivity contribution in [3.8, 4) is 0 Å². The van der Waals surface area contributed by atoms with Crippen molar-refractivity contribution in [3.63, 3.8) is 0 Å². The number of aliphatic imine (C=N–C) groups is 1. The molecule has 306 valence electrons. The molecule has 0 heterocycles. The van der Waals surface area contributed by atoms with E-state index in [9.17, 15) is 119 Å². The highest BCUT2D eigenvalue weighted by molar-refractivity contribution is 6.00. The van der Waals surface area contributed by atoms with Gasteiger partial charge in [-0.15, -0.1) is 0 Å². The van der Waals surface area contributed by atoms with Crippen LogP contribution in [0.5, 0.6) is 0 Å². The number of rotatable bonds is 15. The quantitative estimate of drug-likeness (QED) is 0.109. The fourth-order valence-corrected chi connectivity index (χ4v) is 3.89. The van der Waals surface area contributed by atoms with Gasteiger partial charge in [-0.1, -0.05) is 12.1 Å². The lowest BCUT2D eigenvalue weighted by Gasteiger charge is -2.45. The van der Waals surface area contributed by atoms with Crippen LogP contribution in [0.2, 0.25) is 0 Å². The Morgan fingerprint density at radius 1 is 0.585 bits per heavy atom. The molecule has 0 spiro atoms. The predicted octanol–water partition coefficient (Wildman–Crippen LogP) is 10.0. The fourth-order valence-electron chi connectivity index (χ4n) is 3.89. The zero-order valence-electron chi connectivity index (χ0n) is 24.7. The zero-order chi connectivity index (χ0) is 42.8. The molecule has 1 rings (SSSR count). The minimum absolute atomic E-state index is 0.0647. The third kappa shape index (κ3) is 6.60. The van der Waals surface area contributed by atoms with Crippen LogP contribution in [0.3, 0.4) is 0 Å². The van der Waals surface area contributed by atoms with Gasteiger partial charge in [0.15, 0.2) is 0 Å². The lowest BCUT2D eigenvalue weighted by Crippen LogP contribution is -2.78. The number of aryl methyl sites for hydroxylation is 1. The van der Waals surface area contributed by atoms with Crippen LogP contribution < -0.4 is 5.32 Å². The number of halogens is 25. The van der Waals surface area contributed by atoms with Crippen LogP contribution in [0.25, 0.3) is 0 Å². The third-order valence-electron chi connectivity index (χ3n) is 6.94. The van der Waals surface area contributed by atoms with Gasteiger partial charge in [0.1, 0.15) is 0 Å². The van der Waals surface area contributed by atoms with Gasteiger partial charge in [-0.3, -0.25) is 4.79 Å². The van der Waals surface area contributed by atoms with Crippen LogP contribution in [0.4, 0.5) is 115 Å². The second-order valence-electron chi connectivity index (χ2n) is 10.7. The first-order chi connectivity index (χ1) is 23.0. The number of nitrogens with one attached hydrogen (secondary N) is 1. The molecule has 0 saturated heterocycles. The second kappa shape index (κ2) is 13.3. The topological polar surface area (TPSA) is 58.5 Å². The Morgan fingerprint density at radius 2 is 0.906 bits per heavy atom. The van der Waals surface area contributed by atoms with E-state index in [1.165, 1.54) is 5.32 Å². The van der Waals surface area contributed by atoms with E-state index in [0.29, 0.717) is 0 Å². The maximum absolute atomic E-state index is 14.4. The van der Waals surface area contributed by atoms with Gasteiger partial charge in [0.2, 0.25) is 6.08 Å². The highest BCUT2D eigenvalue weighted by Crippen LogP contribution is 2.68. The molecule has 1 aromatic rings. The summed E-state index contributed by atoms with van der Waals surface area (Å²) in [6.07, 6.45) is -10.5. The van der Waals surface area contributed by atoms with Crippen molar-refractivity contribution < 1.29 is 119 Å². The molecule has 1 unspecified atom stereocenters. The van der Waals surface area contributed by atoms with Gasteiger partial charge >= 0.3 is 71.3 Å². The average Bonchev–Trinajstić information content (AvgIpc) is 2.96. The van der Waals surface area contributed by atoms with E-state index in [4.69, 9.17) is 0 Å². The minimum Gasteiger partial charge on any atom is -0.349 e. The fraction of sp³-hybridized carbons (Fsp3) is 0.667. The molecule has 0 bridgehead atoms. The van der Waals surface area contributed by atoms with Crippen molar-refractivity contribution in [1.82, 2.24) is 5.32 Å². The summed E-state index contributed by atoms with van der Waals surface area (Å²) in [5.74, 6) is -101. The molecular weight excluding hydrogens is 823 g/mol. The Labute approximate surface area is 275 Å². The number of para-hydroxylation sites is 1. The number of nitrogens with zero attached hydrogens (tertiary/aromatic N) is 1. The molecule has 4 nitrogen and oxygen atoms in total. The van der Waals surface area contributed by atoms with E-state index in [-0.39, 0.29) is 12.5 Å². The van der Waals surface area contributed by atoms with Crippen LogP contribution in [0.15, 0.2) is 23.2 Å². The molecule has 0 fully saturated rings. The van der Waals surface area contributed by atoms with Crippen LogP contribution >= 0.6 is 0 Å². The summed E-state index contributed by atoms with van der Waals surface area (Å²) in [7, 11) is 0. The van der Waals surface area contributed by atoms with Gasteiger partial charge in [-0.2, -0.15) is 115 Å². The molecule has 1 atom stereocenters. The van der Waals surface area contributed by atoms with E-state index in [1.807, 2.05) is 0 Å². The van der Waals surface area contributed by atoms with Gasteiger partial charge in [0, 0.05) is 12.5 Å². The average molecular weight is 836 g/mol. The van der Waals surface area contributed by atoms with Crippen molar-refractivity contribution in [2.24, 2.45) is 4.99 Å². The Morgan fingerprint density at radius 3 is 1.23 bits per heavy atom. The van der Waals surface area contributed by atoms with Gasteiger partial charge in [0.05, 0.1) is 11.3 Å².